The van der Waals surface area contributed by atoms with Gasteiger partial charge in [0.25, 0.3) is 0 Å². The lowest BCUT2D eigenvalue weighted by Crippen LogP contribution is -2.31. The summed E-state index contributed by atoms with van der Waals surface area (Å²) in [5, 5.41) is 11.7. The van der Waals surface area contributed by atoms with Crippen molar-refractivity contribution in [3.63, 3.8) is 0 Å². The standard InChI is InChI=1S/C12H19N3O3S/c1-3-4-9-19(17,18)15(2)11-8-6-5-7-10(11)12(13)14-16/h5-8,16H,3-4,9H2,1-2H3,(H2,13,14). The first-order valence-electron chi connectivity index (χ1n) is 5.97. The van der Waals surface area contributed by atoms with Crippen molar-refractivity contribution in [3.05, 3.63) is 29.8 Å². The van der Waals surface area contributed by atoms with Gasteiger partial charge < -0.3 is 10.9 Å². The van der Waals surface area contributed by atoms with Crippen molar-refractivity contribution in [2.75, 3.05) is 17.1 Å². The molecule has 0 unspecified atom stereocenters. The van der Waals surface area contributed by atoms with Crippen molar-refractivity contribution < 1.29 is 13.6 Å². The van der Waals surface area contributed by atoms with Crippen LogP contribution in [0.3, 0.4) is 0 Å². The van der Waals surface area contributed by atoms with E-state index in [9.17, 15) is 8.42 Å². The largest absolute Gasteiger partial charge is 0.409 e. The number of hydrogen-bond acceptors (Lipinski definition) is 4. The predicted octanol–water partition coefficient (Wildman–Crippen LogP) is 1.35. The molecule has 1 aromatic carbocycles. The van der Waals surface area contributed by atoms with Crippen LogP contribution in [0.15, 0.2) is 29.4 Å². The monoisotopic (exact) mass is 285 g/mol. The smallest absolute Gasteiger partial charge is 0.234 e. The third-order valence-corrected chi connectivity index (χ3v) is 4.64. The van der Waals surface area contributed by atoms with Gasteiger partial charge in [-0.05, 0) is 18.6 Å². The lowest BCUT2D eigenvalue weighted by Gasteiger charge is -2.21. The summed E-state index contributed by atoms with van der Waals surface area (Å²) < 4.78 is 25.4. The predicted molar refractivity (Wildman–Crippen MR) is 76.1 cm³/mol. The van der Waals surface area contributed by atoms with Crippen molar-refractivity contribution in [2.24, 2.45) is 10.9 Å². The Balaban J connectivity index is 3.16. The highest BCUT2D eigenvalue weighted by molar-refractivity contribution is 7.92. The minimum Gasteiger partial charge on any atom is -0.409 e. The van der Waals surface area contributed by atoms with Crippen LogP contribution < -0.4 is 10.0 Å². The van der Waals surface area contributed by atoms with Crippen LogP contribution in [0.1, 0.15) is 25.3 Å². The minimum absolute atomic E-state index is 0.0739. The van der Waals surface area contributed by atoms with E-state index in [1.54, 1.807) is 24.3 Å². The number of anilines is 1. The van der Waals surface area contributed by atoms with Crippen LogP contribution >= 0.6 is 0 Å². The molecule has 0 fully saturated rings. The Morgan fingerprint density at radius 2 is 2.05 bits per heavy atom. The molecule has 3 N–H and O–H groups in total. The first-order chi connectivity index (χ1) is 8.94. The first-order valence-corrected chi connectivity index (χ1v) is 7.58. The zero-order valence-corrected chi connectivity index (χ0v) is 11.9. The number of rotatable bonds is 6. The van der Waals surface area contributed by atoms with Crippen LogP contribution in [0.2, 0.25) is 0 Å². The van der Waals surface area contributed by atoms with Crippen LogP contribution in [-0.2, 0) is 10.0 Å². The molecule has 1 aromatic rings. The van der Waals surface area contributed by atoms with Gasteiger partial charge in [-0.3, -0.25) is 4.31 Å². The summed E-state index contributed by atoms with van der Waals surface area (Å²) in [7, 11) is -1.93. The molecule has 0 radical (unpaired) electrons. The van der Waals surface area contributed by atoms with E-state index in [0.29, 0.717) is 17.7 Å². The summed E-state index contributed by atoms with van der Waals surface area (Å²) in [6.07, 6.45) is 1.40. The Morgan fingerprint density at radius 1 is 1.42 bits per heavy atom. The number of oxime groups is 1. The molecule has 0 aliphatic carbocycles. The van der Waals surface area contributed by atoms with Gasteiger partial charge in [0.2, 0.25) is 10.0 Å². The molecule has 0 amide bonds. The molecule has 7 heteroatoms. The molecule has 0 aliphatic heterocycles. The van der Waals surface area contributed by atoms with E-state index in [2.05, 4.69) is 5.16 Å². The van der Waals surface area contributed by atoms with E-state index < -0.39 is 10.0 Å². The van der Waals surface area contributed by atoms with Crippen molar-refractivity contribution in [1.82, 2.24) is 0 Å². The number of sulfonamides is 1. The molecule has 0 saturated carbocycles. The molecule has 0 aromatic heterocycles. The lowest BCUT2D eigenvalue weighted by atomic mass is 10.1. The molecular formula is C12H19N3O3S. The van der Waals surface area contributed by atoms with Gasteiger partial charge in [-0.1, -0.05) is 30.6 Å². The normalized spacial score (nSPS) is 12.4. The van der Waals surface area contributed by atoms with Gasteiger partial charge in [-0.25, -0.2) is 8.42 Å². The second-order valence-electron chi connectivity index (χ2n) is 4.14. The SMILES string of the molecule is CCCCS(=O)(=O)N(C)c1ccccc1C(N)=NO. The Hall–Kier alpha value is -1.76. The maximum Gasteiger partial charge on any atom is 0.234 e. The van der Waals surface area contributed by atoms with Gasteiger partial charge in [-0.2, -0.15) is 0 Å². The summed E-state index contributed by atoms with van der Waals surface area (Å²) in [6, 6.07) is 6.63. The van der Waals surface area contributed by atoms with Crippen LogP contribution in [0.25, 0.3) is 0 Å². The molecule has 6 nitrogen and oxygen atoms in total. The zero-order valence-electron chi connectivity index (χ0n) is 11.1. The summed E-state index contributed by atoms with van der Waals surface area (Å²) in [5.41, 5.74) is 6.33. The van der Waals surface area contributed by atoms with Gasteiger partial charge in [0.15, 0.2) is 5.84 Å². The Bertz CT molecular complexity index is 555. The third-order valence-electron chi connectivity index (χ3n) is 2.80. The molecule has 0 atom stereocenters. The highest BCUT2D eigenvalue weighted by Gasteiger charge is 2.21. The number of hydrogen-bond donors (Lipinski definition) is 2. The third kappa shape index (κ3) is 3.60. The van der Waals surface area contributed by atoms with Crippen molar-refractivity contribution in [2.45, 2.75) is 19.8 Å². The molecule has 0 spiro atoms. The second-order valence-corrected chi connectivity index (χ2v) is 6.26. The van der Waals surface area contributed by atoms with Crippen molar-refractivity contribution in [1.29, 1.82) is 0 Å². The number of nitrogens with two attached hydrogens (primary N) is 1. The number of nitrogens with zero attached hydrogens (tertiary/aromatic N) is 2. The van der Waals surface area contributed by atoms with E-state index in [4.69, 9.17) is 10.9 Å². The van der Waals surface area contributed by atoms with Crippen molar-refractivity contribution >= 4 is 21.5 Å². The van der Waals surface area contributed by atoms with Crippen LogP contribution in [0.4, 0.5) is 5.69 Å². The average molecular weight is 285 g/mol. The Labute approximate surface area is 113 Å². The molecule has 1 rings (SSSR count). The average Bonchev–Trinajstić information content (AvgIpc) is 2.43. The van der Waals surface area contributed by atoms with Gasteiger partial charge >= 0.3 is 0 Å². The number of unbranched alkanes of at least 4 members (excludes halogenated alkanes) is 1. The van der Waals surface area contributed by atoms with Gasteiger partial charge in [0.05, 0.1) is 11.4 Å². The van der Waals surface area contributed by atoms with E-state index in [0.717, 1.165) is 6.42 Å². The fourth-order valence-corrected chi connectivity index (χ4v) is 3.02. The summed E-state index contributed by atoms with van der Waals surface area (Å²) in [4.78, 5) is 0. The fourth-order valence-electron chi connectivity index (χ4n) is 1.63. The zero-order chi connectivity index (χ0) is 14.5. The molecule has 0 heterocycles. The van der Waals surface area contributed by atoms with E-state index in [1.165, 1.54) is 11.4 Å². The number of para-hydroxylation sites is 1. The maximum absolute atomic E-state index is 12.1. The second kappa shape index (κ2) is 6.42. The minimum atomic E-state index is -3.40. The lowest BCUT2D eigenvalue weighted by molar-refractivity contribution is 0.318. The van der Waals surface area contributed by atoms with E-state index >= 15 is 0 Å². The van der Waals surface area contributed by atoms with Crippen LogP contribution in [0, 0.1) is 0 Å². The summed E-state index contributed by atoms with van der Waals surface area (Å²) in [5.74, 6) is -0.0435. The van der Waals surface area contributed by atoms with Crippen molar-refractivity contribution in [3.8, 4) is 0 Å². The summed E-state index contributed by atoms with van der Waals surface area (Å²) >= 11 is 0. The highest BCUT2D eigenvalue weighted by Crippen LogP contribution is 2.22. The van der Waals surface area contributed by atoms with E-state index in [1.807, 2.05) is 6.92 Å². The molecule has 19 heavy (non-hydrogen) atoms. The van der Waals surface area contributed by atoms with Gasteiger partial charge in [0.1, 0.15) is 0 Å². The first kappa shape index (κ1) is 15.3. The van der Waals surface area contributed by atoms with Gasteiger partial charge in [0, 0.05) is 12.6 Å². The Morgan fingerprint density at radius 3 is 2.63 bits per heavy atom. The molecule has 0 saturated heterocycles. The highest BCUT2D eigenvalue weighted by atomic mass is 32.2. The number of amidine groups is 1. The van der Waals surface area contributed by atoms with Crippen LogP contribution in [0.5, 0.6) is 0 Å². The fraction of sp³-hybridized carbons (Fsp3) is 0.417. The molecule has 0 bridgehead atoms. The number of benzene rings is 1. The quantitative estimate of drug-likeness (QED) is 0.357. The van der Waals surface area contributed by atoms with Gasteiger partial charge in [-0.15, -0.1) is 0 Å². The molecule has 0 aliphatic rings. The molecular weight excluding hydrogens is 266 g/mol. The van der Waals surface area contributed by atoms with Crippen LogP contribution in [-0.4, -0.2) is 32.3 Å². The Kier molecular flexibility index (Phi) is 5.17. The molecule has 106 valence electrons. The summed E-state index contributed by atoms with van der Waals surface area (Å²) in [6.45, 7) is 1.93. The maximum atomic E-state index is 12.1. The topological polar surface area (TPSA) is 96.0 Å². The van der Waals surface area contributed by atoms with E-state index in [-0.39, 0.29) is 11.6 Å².